The summed E-state index contributed by atoms with van der Waals surface area (Å²) in [6.45, 7) is 11.9. The molecule has 0 heteroatoms. The zero-order chi connectivity index (χ0) is 12.7. The first kappa shape index (κ1) is 12.7. The molecule has 1 aliphatic rings. The van der Waals surface area contributed by atoms with Crippen LogP contribution in [-0.4, -0.2) is 0 Å². The highest BCUT2D eigenvalue weighted by Gasteiger charge is 2.38. The van der Waals surface area contributed by atoms with E-state index in [2.05, 4.69) is 58.9 Å². The molecule has 94 valence electrons. The molecule has 0 bridgehead atoms. The van der Waals surface area contributed by atoms with Crippen molar-refractivity contribution < 1.29 is 0 Å². The Morgan fingerprint density at radius 2 is 1.35 bits per heavy atom. The topological polar surface area (TPSA) is 0 Å². The van der Waals surface area contributed by atoms with E-state index >= 15 is 0 Å². The second kappa shape index (κ2) is 4.15. The van der Waals surface area contributed by atoms with Crippen molar-refractivity contribution in [1.82, 2.24) is 0 Å². The van der Waals surface area contributed by atoms with E-state index < -0.39 is 0 Å². The molecule has 0 nitrogen and oxygen atoms in total. The van der Waals surface area contributed by atoms with Crippen molar-refractivity contribution >= 4 is 0 Å². The van der Waals surface area contributed by atoms with Crippen LogP contribution in [0.1, 0.15) is 64.0 Å². The molecule has 0 aliphatic heterocycles. The summed E-state index contributed by atoms with van der Waals surface area (Å²) in [5.41, 5.74) is 3.87. The van der Waals surface area contributed by atoms with E-state index in [1.807, 2.05) is 0 Å². The Morgan fingerprint density at radius 3 is 1.82 bits per heavy atom. The van der Waals surface area contributed by atoms with Gasteiger partial charge < -0.3 is 0 Å². The van der Waals surface area contributed by atoms with Crippen molar-refractivity contribution in [3.63, 3.8) is 0 Å². The molecule has 1 aromatic carbocycles. The average molecular weight is 230 g/mol. The molecule has 17 heavy (non-hydrogen) atoms. The molecule has 0 saturated heterocycles. The molecular weight excluding hydrogens is 204 g/mol. The van der Waals surface area contributed by atoms with Gasteiger partial charge in [0.1, 0.15) is 0 Å². The molecule has 0 amide bonds. The predicted molar refractivity (Wildman–Crippen MR) is 75.3 cm³/mol. The lowest BCUT2D eigenvalue weighted by Gasteiger charge is -2.45. The maximum Gasteiger partial charge on any atom is -0.0152 e. The summed E-state index contributed by atoms with van der Waals surface area (Å²) in [7, 11) is 0. The molecule has 0 aromatic heterocycles. The Balaban J connectivity index is 2.24. The summed E-state index contributed by atoms with van der Waals surface area (Å²) in [5.74, 6) is 0.745. The summed E-state index contributed by atoms with van der Waals surface area (Å²) < 4.78 is 0. The Labute approximate surface area is 106 Å². The van der Waals surface area contributed by atoms with Crippen LogP contribution in [0.15, 0.2) is 24.3 Å². The van der Waals surface area contributed by atoms with Crippen LogP contribution in [-0.2, 0) is 0 Å². The van der Waals surface area contributed by atoms with E-state index in [0.29, 0.717) is 10.8 Å². The Bertz CT molecular complexity index is 365. The second-order valence-electron chi connectivity index (χ2n) is 7.52. The summed E-state index contributed by atoms with van der Waals surface area (Å²) in [6, 6.07) is 9.17. The van der Waals surface area contributed by atoms with Crippen LogP contribution in [0.2, 0.25) is 0 Å². The molecule has 0 heterocycles. The lowest BCUT2D eigenvalue weighted by molar-refractivity contribution is 0.0969. The summed E-state index contributed by atoms with van der Waals surface area (Å²) >= 11 is 0. The monoisotopic (exact) mass is 230 g/mol. The van der Waals surface area contributed by atoms with Gasteiger partial charge in [-0.3, -0.25) is 0 Å². The highest BCUT2D eigenvalue weighted by Crippen LogP contribution is 2.51. The lowest BCUT2D eigenvalue weighted by atomic mass is 9.60. The minimum absolute atomic E-state index is 0.483. The van der Waals surface area contributed by atoms with E-state index in [4.69, 9.17) is 0 Å². The molecule has 2 rings (SSSR count). The van der Waals surface area contributed by atoms with Gasteiger partial charge in [0.2, 0.25) is 0 Å². The standard InChI is InChI=1S/C17H26/c1-13-6-8-14(9-7-13)15-10-16(2,3)12-17(4,5)11-15/h6-9,15H,10-12H2,1-5H3. The van der Waals surface area contributed by atoms with E-state index in [1.54, 1.807) is 0 Å². The first-order valence-corrected chi connectivity index (χ1v) is 6.84. The molecule has 0 spiro atoms. The minimum atomic E-state index is 0.483. The van der Waals surface area contributed by atoms with Gasteiger partial charge in [0, 0.05) is 0 Å². The molecule has 0 radical (unpaired) electrons. The fraction of sp³-hybridized carbons (Fsp3) is 0.647. The minimum Gasteiger partial charge on any atom is -0.0599 e. The molecule has 1 aliphatic carbocycles. The van der Waals surface area contributed by atoms with Crippen molar-refractivity contribution in [1.29, 1.82) is 0 Å². The summed E-state index contributed by atoms with van der Waals surface area (Å²) in [5, 5.41) is 0. The van der Waals surface area contributed by atoms with Gasteiger partial charge in [-0.2, -0.15) is 0 Å². The Hall–Kier alpha value is -0.780. The SMILES string of the molecule is Cc1ccc(C2CC(C)(C)CC(C)(C)C2)cc1. The first-order valence-electron chi connectivity index (χ1n) is 6.84. The zero-order valence-electron chi connectivity index (χ0n) is 12.0. The molecule has 1 fully saturated rings. The maximum absolute atomic E-state index is 2.43. The van der Waals surface area contributed by atoms with Crippen LogP contribution < -0.4 is 0 Å². The Morgan fingerprint density at radius 1 is 0.882 bits per heavy atom. The van der Waals surface area contributed by atoms with Crippen LogP contribution in [0, 0.1) is 17.8 Å². The van der Waals surface area contributed by atoms with Gasteiger partial charge in [-0.25, -0.2) is 0 Å². The largest absolute Gasteiger partial charge is 0.0599 e. The fourth-order valence-corrected chi connectivity index (χ4v) is 3.92. The van der Waals surface area contributed by atoms with Crippen molar-refractivity contribution in [2.75, 3.05) is 0 Å². The van der Waals surface area contributed by atoms with Crippen LogP contribution in [0.3, 0.4) is 0 Å². The third-order valence-corrected chi connectivity index (χ3v) is 4.10. The zero-order valence-corrected chi connectivity index (χ0v) is 12.0. The molecule has 0 N–H and O–H groups in total. The van der Waals surface area contributed by atoms with E-state index in [0.717, 1.165) is 5.92 Å². The lowest BCUT2D eigenvalue weighted by Crippen LogP contribution is -2.32. The van der Waals surface area contributed by atoms with E-state index in [1.165, 1.54) is 30.4 Å². The highest BCUT2D eigenvalue weighted by molar-refractivity contribution is 5.25. The quantitative estimate of drug-likeness (QED) is 0.613. The van der Waals surface area contributed by atoms with E-state index in [9.17, 15) is 0 Å². The van der Waals surface area contributed by atoms with Gasteiger partial charge >= 0.3 is 0 Å². The number of hydrogen-bond acceptors (Lipinski definition) is 0. The third-order valence-electron chi connectivity index (χ3n) is 4.10. The average Bonchev–Trinajstić information content (AvgIpc) is 2.13. The van der Waals surface area contributed by atoms with E-state index in [-0.39, 0.29) is 0 Å². The number of hydrogen-bond donors (Lipinski definition) is 0. The van der Waals surface area contributed by atoms with Crippen molar-refractivity contribution in [2.45, 2.75) is 59.8 Å². The van der Waals surface area contributed by atoms with Gasteiger partial charge in [0.25, 0.3) is 0 Å². The number of benzene rings is 1. The third kappa shape index (κ3) is 3.12. The molecule has 1 aromatic rings. The van der Waals surface area contributed by atoms with Crippen LogP contribution in [0.25, 0.3) is 0 Å². The van der Waals surface area contributed by atoms with Gasteiger partial charge in [-0.1, -0.05) is 57.5 Å². The fourth-order valence-electron chi connectivity index (χ4n) is 3.92. The van der Waals surface area contributed by atoms with Crippen LogP contribution in [0.5, 0.6) is 0 Å². The van der Waals surface area contributed by atoms with Gasteiger partial charge in [0.15, 0.2) is 0 Å². The van der Waals surface area contributed by atoms with Crippen LogP contribution in [0.4, 0.5) is 0 Å². The predicted octanol–water partition coefficient (Wildman–Crippen LogP) is 5.31. The van der Waals surface area contributed by atoms with Crippen LogP contribution >= 0.6 is 0 Å². The molecule has 1 saturated carbocycles. The number of aryl methyl sites for hydroxylation is 1. The maximum atomic E-state index is 2.43. The highest BCUT2D eigenvalue weighted by atomic mass is 14.4. The Kier molecular flexibility index (Phi) is 3.10. The van der Waals surface area contributed by atoms with Gasteiger partial charge in [-0.05, 0) is 48.5 Å². The second-order valence-corrected chi connectivity index (χ2v) is 7.52. The molecule has 0 unspecified atom stereocenters. The first-order chi connectivity index (χ1) is 7.77. The summed E-state index contributed by atoms with van der Waals surface area (Å²) in [6.07, 6.45) is 4.02. The van der Waals surface area contributed by atoms with Gasteiger partial charge in [-0.15, -0.1) is 0 Å². The normalized spacial score (nSPS) is 23.6. The number of rotatable bonds is 1. The molecule has 0 atom stereocenters. The summed E-state index contributed by atoms with van der Waals surface area (Å²) in [4.78, 5) is 0. The van der Waals surface area contributed by atoms with Crippen molar-refractivity contribution in [2.24, 2.45) is 10.8 Å². The van der Waals surface area contributed by atoms with Crippen molar-refractivity contribution in [3.8, 4) is 0 Å². The smallest absolute Gasteiger partial charge is 0.0152 e. The van der Waals surface area contributed by atoms with Gasteiger partial charge in [0.05, 0.1) is 0 Å². The molecular formula is C17H26. The van der Waals surface area contributed by atoms with Crippen molar-refractivity contribution in [3.05, 3.63) is 35.4 Å².